The fraction of sp³-hybridized carbons (Fsp3) is 0.846. The number of carbonyl (C=O) groups excluding carboxylic acids is 2. The molecule has 0 aromatic carbocycles. The quantitative estimate of drug-likeness (QED) is 0.684. The van der Waals surface area contributed by atoms with Gasteiger partial charge in [-0.3, -0.25) is 9.59 Å². The summed E-state index contributed by atoms with van der Waals surface area (Å²) in [6.45, 7) is 7.72. The van der Waals surface area contributed by atoms with E-state index in [-0.39, 0.29) is 11.6 Å². The number of hydrogen-bond donors (Lipinski definition) is 2. The summed E-state index contributed by atoms with van der Waals surface area (Å²) in [7, 11) is 0. The molecule has 2 unspecified atom stereocenters. The highest BCUT2D eigenvalue weighted by atomic mass is 16.2. The van der Waals surface area contributed by atoms with Crippen molar-refractivity contribution >= 4 is 11.8 Å². The van der Waals surface area contributed by atoms with Crippen LogP contribution in [0.1, 0.15) is 53.4 Å². The SMILES string of the molecule is CC1CCCCC1NC(=O)C(=O)NC(C)(C)C. The van der Waals surface area contributed by atoms with Crippen LogP contribution in [-0.2, 0) is 9.59 Å². The first-order valence-corrected chi connectivity index (χ1v) is 6.42. The molecule has 1 aliphatic carbocycles. The first-order chi connectivity index (χ1) is 7.79. The molecule has 98 valence electrons. The van der Waals surface area contributed by atoms with E-state index in [0.29, 0.717) is 5.92 Å². The molecule has 0 spiro atoms. The van der Waals surface area contributed by atoms with Gasteiger partial charge in [-0.2, -0.15) is 0 Å². The zero-order valence-corrected chi connectivity index (χ0v) is 11.3. The standard InChI is InChI=1S/C13H24N2O2/c1-9-7-5-6-8-10(9)14-11(16)12(17)15-13(2,3)4/h9-10H,5-8H2,1-4H3,(H,14,16)(H,15,17). The van der Waals surface area contributed by atoms with E-state index >= 15 is 0 Å². The molecule has 4 heteroatoms. The average molecular weight is 240 g/mol. The lowest BCUT2D eigenvalue weighted by Gasteiger charge is -2.29. The molecule has 0 radical (unpaired) electrons. The summed E-state index contributed by atoms with van der Waals surface area (Å²) >= 11 is 0. The van der Waals surface area contributed by atoms with Crippen LogP contribution in [0.5, 0.6) is 0 Å². The second-order valence-corrected chi connectivity index (χ2v) is 6.05. The van der Waals surface area contributed by atoms with Crippen molar-refractivity contribution in [2.24, 2.45) is 5.92 Å². The zero-order chi connectivity index (χ0) is 13.1. The third-order valence-corrected chi connectivity index (χ3v) is 3.12. The Labute approximate surface area is 104 Å². The van der Waals surface area contributed by atoms with Gasteiger partial charge in [0.05, 0.1) is 0 Å². The van der Waals surface area contributed by atoms with Crippen LogP contribution in [-0.4, -0.2) is 23.4 Å². The molecule has 2 amide bonds. The van der Waals surface area contributed by atoms with E-state index < -0.39 is 11.8 Å². The molecule has 1 rings (SSSR count). The van der Waals surface area contributed by atoms with Crippen LogP contribution in [0, 0.1) is 5.92 Å². The van der Waals surface area contributed by atoms with Crippen LogP contribution in [0.25, 0.3) is 0 Å². The van der Waals surface area contributed by atoms with Gasteiger partial charge in [-0.25, -0.2) is 0 Å². The van der Waals surface area contributed by atoms with Gasteiger partial charge in [0, 0.05) is 11.6 Å². The van der Waals surface area contributed by atoms with E-state index in [4.69, 9.17) is 0 Å². The molecule has 0 aromatic rings. The van der Waals surface area contributed by atoms with Gasteiger partial charge in [0.1, 0.15) is 0 Å². The monoisotopic (exact) mass is 240 g/mol. The van der Waals surface area contributed by atoms with Crippen molar-refractivity contribution in [3.05, 3.63) is 0 Å². The Morgan fingerprint density at radius 3 is 2.18 bits per heavy atom. The topological polar surface area (TPSA) is 58.2 Å². The summed E-state index contributed by atoms with van der Waals surface area (Å²) in [5, 5.41) is 5.51. The van der Waals surface area contributed by atoms with E-state index in [9.17, 15) is 9.59 Å². The molecule has 2 N–H and O–H groups in total. The van der Waals surface area contributed by atoms with Crippen LogP contribution in [0.15, 0.2) is 0 Å². The number of hydrogen-bond acceptors (Lipinski definition) is 2. The molecule has 2 atom stereocenters. The zero-order valence-electron chi connectivity index (χ0n) is 11.3. The Hall–Kier alpha value is -1.06. The molecule has 0 aromatic heterocycles. The van der Waals surface area contributed by atoms with Crippen LogP contribution in [0.3, 0.4) is 0 Å². The highest BCUT2D eigenvalue weighted by Gasteiger charge is 2.26. The van der Waals surface area contributed by atoms with Crippen molar-refractivity contribution in [3.63, 3.8) is 0 Å². The number of rotatable bonds is 1. The molecule has 1 fully saturated rings. The molecular weight excluding hydrogens is 216 g/mol. The predicted octanol–water partition coefficient (Wildman–Crippen LogP) is 1.60. The smallest absolute Gasteiger partial charge is 0.309 e. The first kappa shape index (κ1) is 14.0. The Morgan fingerprint density at radius 2 is 1.65 bits per heavy atom. The van der Waals surface area contributed by atoms with Crippen molar-refractivity contribution in [2.45, 2.75) is 65.0 Å². The van der Waals surface area contributed by atoms with Gasteiger partial charge in [-0.15, -0.1) is 0 Å². The van der Waals surface area contributed by atoms with Gasteiger partial charge >= 0.3 is 11.8 Å². The molecule has 17 heavy (non-hydrogen) atoms. The maximum atomic E-state index is 11.7. The lowest BCUT2D eigenvalue weighted by atomic mass is 9.86. The molecule has 1 saturated carbocycles. The van der Waals surface area contributed by atoms with Crippen molar-refractivity contribution in [2.75, 3.05) is 0 Å². The minimum absolute atomic E-state index is 0.155. The van der Waals surface area contributed by atoms with E-state index in [1.165, 1.54) is 6.42 Å². The fourth-order valence-corrected chi connectivity index (χ4v) is 2.16. The Kier molecular flexibility index (Phi) is 4.54. The van der Waals surface area contributed by atoms with Crippen molar-refractivity contribution in [3.8, 4) is 0 Å². The van der Waals surface area contributed by atoms with Gasteiger partial charge in [0.15, 0.2) is 0 Å². The summed E-state index contributed by atoms with van der Waals surface area (Å²) in [4.78, 5) is 23.3. The number of carbonyl (C=O) groups is 2. The van der Waals surface area contributed by atoms with Gasteiger partial charge in [0.25, 0.3) is 0 Å². The second kappa shape index (κ2) is 5.52. The van der Waals surface area contributed by atoms with E-state index in [0.717, 1.165) is 19.3 Å². The summed E-state index contributed by atoms with van der Waals surface area (Å²) in [6, 6.07) is 0.155. The number of nitrogens with one attached hydrogen (secondary N) is 2. The normalized spacial score (nSPS) is 25.2. The molecular formula is C13H24N2O2. The summed E-state index contributed by atoms with van der Waals surface area (Å²) in [5.74, 6) is -0.566. The first-order valence-electron chi connectivity index (χ1n) is 6.42. The van der Waals surface area contributed by atoms with Gasteiger partial charge in [-0.1, -0.05) is 19.8 Å². The molecule has 4 nitrogen and oxygen atoms in total. The number of amides is 2. The Bertz CT molecular complexity index is 294. The third-order valence-electron chi connectivity index (χ3n) is 3.12. The van der Waals surface area contributed by atoms with Crippen molar-refractivity contribution in [1.82, 2.24) is 10.6 Å². The van der Waals surface area contributed by atoms with Crippen LogP contribution >= 0.6 is 0 Å². The van der Waals surface area contributed by atoms with Crippen molar-refractivity contribution in [1.29, 1.82) is 0 Å². The van der Waals surface area contributed by atoms with Crippen LogP contribution < -0.4 is 10.6 Å². The van der Waals surface area contributed by atoms with E-state index in [2.05, 4.69) is 17.6 Å². The lowest BCUT2D eigenvalue weighted by molar-refractivity contribution is -0.140. The van der Waals surface area contributed by atoms with Gasteiger partial charge in [0.2, 0.25) is 0 Å². The van der Waals surface area contributed by atoms with Crippen LogP contribution in [0.4, 0.5) is 0 Å². The average Bonchev–Trinajstić information content (AvgIpc) is 2.18. The van der Waals surface area contributed by atoms with Gasteiger partial charge in [-0.05, 0) is 39.5 Å². The van der Waals surface area contributed by atoms with Crippen LogP contribution in [0.2, 0.25) is 0 Å². The highest BCUT2D eigenvalue weighted by molar-refractivity contribution is 6.35. The molecule has 0 heterocycles. The van der Waals surface area contributed by atoms with E-state index in [1.807, 2.05) is 20.8 Å². The molecule has 0 bridgehead atoms. The highest BCUT2D eigenvalue weighted by Crippen LogP contribution is 2.23. The van der Waals surface area contributed by atoms with Gasteiger partial charge < -0.3 is 10.6 Å². The molecule has 1 aliphatic rings. The fourth-order valence-electron chi connectivity index (χ4n) is 2.16. The molecule has 0 saturated heterocycles. The largest absolute Gasteiger partial charge is 0.345 e. The Morgan fingerprint density at radius 1 is 1.06 bits per heavy atom. The summed E-state index contributed by atoms with van der Waals surface area (Å²) < 4.78 is 0. The minimum atomic E-state index is -0.532. The third kappa shape index (κ3) is 4.75. The summed E-state index contributed by atoms with van der Waals surface area (Å²) in [6.07, 6.45) is 4.47. The maximum Gasteiger partial charge on any atom is 0.309 e. The summed E-state index contributed by atoms with van der Waals surface area (Å²) in [5.41, 5.74) is -0.368. The van der Waals surface area contributed by atoms with Crippen molar-refractivity contribution < 1.29 is 9.59 Å². The predicted molar refractivity (Wildman–Crippen MR) is 67.5 cm³/mol. The molecule has 0 aliphatic heterocycles. The Balaban J connectivity index is 2.45. The maximum absolute atomic E-state index is 11.7. The second-order valence-electron chi connectivity index (χ2n) is 6.05. The lowest BCUT2D eigenvalue weighted by Crippen LogP contribution is -2.51. The van der Waals surface area contributed by atoms with E-state index in [1.54, 1.807) is 0 Å². The minimum Gasteiger partial charge on any atom is -0.345 e.